The van der Waals surface area contributed by atoms with Gasteiger partial charge >= 0.3 is 0 Å². The van der Waals surface area contributed by atoms with Crippen molar-refractivity contribution >= 4 is 5.57 Å². The van der Waals surface area contributed by atoms with E-state index in [0.717, 1.165) is 23.5 Å². The van der Waals surface area contributed by atoms with E-state index >= 15 is 0 Å². The van der Waals surface area contributed by atoms with Gasteiger partial charge in [0.15, 0.2) is 17.5 Å². The van der Waals surface area contributed by atoms with E-state index in [1.165, 1.54) is 63.4 Å². The number of hydrogen-bond acceptors (Lipinski definition) is 0. The van der Waals surface area contributed by atoms with Crippen LogP contribution in [0.25, 0.3) is 5.57 Å². The van der Waals surface area contributed by atoms with Crippen LogP contribution >= 0.6 is 0 Å². The second-order valence-corrected chi connectivity index (χ2v) is 8.53. The minimum absolute atomic E-state index is 0.557. The van der Waals surface area contributed by atoms with Crippen LogP contribution in [0.2, 0.25) is 0 Å². The van der Waals surface area contributed by atoms with Gasteiger partial charge in [-0.25, -0.2) is 13.2 Å². The maximum Gasteiger partial charge on any atom is 0.193 e. The molecule has 0 N–H and O–H groups in total. The van der Waals surface area contributed by atoms with Gasteiger partial charge < -0.3 is 0 Å². The van der Waals surface area contributed by atoms with Crippen LogP contribution in [-0.4, -0.2) is 0 Å². The fraction of sp³-hybridized carbons (Fsp3) is 0.520. The molecule has 2 aliphatic carbocycles. The molecule has 0 nitrogen and oxygen atoms in total. The van der Waals surface area contributed by atoms with Crippen LogP contribution < -0.4 is 0 Å². The Labute approximate surface area is 167 Å². The Morgan fingerprint density at radius 3 is 2.00 bits per heavy atom. The molecule has 0 aromatic heterocycles. The summed E-state index contributed by atoms with van der Waals surface area (Å²) < 4.78 is 39.6. The van der Waals surface area contributed by atoms with Crippen molar-refractivity contribution < 1.29 is 13.2 Å². The highest BCUT2D eigenvalue weighted by atomic mass is 19.2. The maximum absolute atomic E-state index is 13.7. The first-order chi connectivity index (χ1) is 13.5. The topological polar surface area (TPSA) is 0 Å². The van der Waals surface area contributed by atoms with Gasteiger partial charge in [-0.05, 0) is 73.1 Å². The van der Waals surface area contributed by atoms with Crippen molar-refractivity contribution in [1.29, 1.82) is 0 Å². The van der Waals surface area contributed by atoms with E-state index in [9.17, 15) is 13.2 Å². The second-order valence-electron chi connectivity index (χ2n) is 8.53. The van der Waals surface area contributed by atoms with Crippen LogP contribution in [0, 0.1) is 11.8 Å². The lowest BCUT2D eigenvalue weighted by Crippen LogP contribution is -2.23. The van der Waals surface area contributed by atoms with Crippen LogP contribution in [0.15, 0.2) is 54.4 Å². The van der Waals surface area contributed by atoms with E-state index in [0.29, 0.717) is 11.5 Å². The zero-order valence-corrected chi connectivity index (χ0v) is 16.8. The molecule has 2 saturated carbocycles. The minimum Gasteiger partial charge on any atom is -0.204 e. The van der Waals surface area contributed by atoms with Gasteiger partial charge in [-0.1, -0.05) is 62.9 Å². The summed E-state index contributed by atoms with van der Waals surface area (Å²) in [7, 11) is 0. The lowest BCUT2D eigenvalue weighted by atomic mass is 9.70. The summed E-state index contributed by atoms with van der Waals surface area (Å²) in [4.78, 5) is 0. The van der Waals surface area contributed by atoms with Gasteiger partial charge in [0.1, 0.15) is 0 Å². The first-order valence-electron chi connectivity index (χ1n) is 10.6. The summed E-state index contributed by atoms with van der Waals surface area (Å²) in [6.45, 7) is 4.48. The lowest BCUT2D eigenvalue weighted by molar-refractivity contribution is 0.186. The summed E-state index contributed by atoms with van der Waals surface area (Å²) in [6.07, 6.45) is 13.3. The van der Waals surface area contributed by atoms with Crippen molar-refractivity contribution in [3.63, 3.8) is 0 Å². The summed E-state index contributed by atoms with van der Waals surface area (Å²) in [5.74, 6) is -1.69. The predicted octanol–water partition coefficient (Wildman–Crippen LogP) is 8.58. The molecule has 0 saturated heterocycles. The van der Waals surface area contributed by atoms with Gasteiger partial charge in [0.2, 0.25) is 0 Å². The predicted molar refractivity (Wildman–Crippen MR) is 111 cm³/mol. The highest BCUT2D eigenvalue weighted by Gasteiger charge is 2.29. The molecule has 0 amide bonds. The van der Waals surface area contributed by atoms with Crippen LogP contribution in [0.1, 0.15) is 81.8 Å². The Morgan fingerprint density at radius 2 is 1.43 bits per heavy atom. The van der Waals surface area contributed by atoms with Crippen molar-refractivity contribution in [3.8, 4) is 0 Å². The van der Waals surface area contributed by atoms with E-state index < -0.39 is 17.5 Å². The first-order valence-corrected chi connectivity index (χ1v) is 10.6. The lowest BCUT2D eigenvalue weighted by Gasteiger charge is -2.36. The molecular weight excluding hydrogens is 357 g/mol. The zero-order valence-electron chi connectivity index (χ0n) is 16.8. The van der Waals surface area contributed by atoms with Crippen LogP contribution in [0.5, 0.6) is 0 Å². The van der Waals surface area contributed by atoms with Gasteiger partial charge in [-0.3, -0.25) is 0 Å². The monoisotopic (exact) mass is 388 g/mol. The number of benzene rings is 1. The molecule has 0 bridgehead atoms. The third-order valence-electron chi connectivity index (χ3n) is 6.72. The van der Waals surface area contributed by atoms with Crippen molar-refractivity contribution in [3.05, 3.63) is 65.5 Å². The Balaban J connectivity index is 1.60. The molecule has 2 aliphatic rings. The number of halogens is 3. The zero-order chi connectivity index (χ0) is 20.1. The van der Waals surface area contributed by atoms with E-state index in [1.807, 2.05) is 12.1 Å². The summed E-state index contributed by atoms with van der Waals surface area (Å²) in [6, 6.07) is 8.10. The first kappa shape index (κ1) is 21.0. The minimum atomic E-state index is -1.54. The Morgan fingerprint density at radius 1 is 0.857 bits per heavy atom. The molecule has 1 aromatic rings. The maximum atomic E-state index is 13.7. The molecule has 0 unspecified atom stereocenters. The van der Waals surface area contributed by atoms with Crippen LogP contribution in [0.3, 0.4) is 0 Å². The van der Waals surface area contributed by atoms with Crippen LogP contribution in [-0.2, 0) is 0 Å². The molecule has 0 radical (unpaired) electrons. The Hall–Kier alpha value is -1.77. The molecule has 0 atom stereocenters. The highest BCUT2D eigenvalue weighted by molar-refractivity contribution is 5.66. The van der Waals surface area contributed by atoms with Crippen molar-refractivity contribution in [2.75, 3.05) is 0 Å². The van der Waals surface area contributed by atoms with Gasteiger partial charge in [0, 0.05) is 0 Å². The molecule has 3 rings (SSSR count). The standard InChI is InChI=1S/C25H31F3/c1-17(16-24(27)25(28)18(2)26)19-8-10-22(11-9-19)23-14-12-21(13-15-23)20-6-4-3-5-7-20/h8-11,16,20-21,23H,2-7,12-15H2,1H3/b17-16+,25-24-. The average molecular weight is 389 g/mol. The average Bonchev–Trinajstić information content (AvgIpc) is 2.74. The number of hydrogen-bond donors (Lipinski definition) is 0. The largest absolute Gasteiger partial charge is 0.204 e. The summed E-state index contributed by atoms with van der Waals surface area (Å²) >= 11 is 0. The van der Waals surface area contributed by atoms with Gasteiger partial charge in [-0.2, -0.15) is 0 Å². The van der Waals surface area contributed by atoms with Crippen molar-refractivity contribution in [2.24, 2.45) is 11.8 Å². The molecule has 0 heterocycles. The molecule has 2 fully saturated rings. The number of allylic oxidation sites excluding steroid dienone is 5. The number of rotatable bonds is 5. The highest BCUT2D eigenvalue weighted by Crippen LogP contribution is 2.43. The van der Waals surface area contributed by atoms with Gasteiger partial charge in [0.05, 0.1) is 0 Å². The molecule has 0 spiro atoms. The third-order valence-corrected chi connectivity index (χ3v) is 6.72. The molecule has 0 aliphatic heterocycles. The summed E-state index contributed by atoms with van der Waals surface area (Å²) in [5.41, 5.74) is 2.70. The van der Waals surface area contributed by atoms with Crippen LogP contribution in [0.4, 0.5) is 13.2 Å². The van der Waals surface area contributed by atoms with E-state index in [2.05, 4.69) is 18.7 Å². The Kier molecular flexibility index (Phi) is 7.20. The molecule has 3 heteroatoms. The van der Waals surface area contributed by atoms with Gasteiger partial charge in [-0.15, -0.1) is 0 Å². The van der Waals surface area contributed by atoms with Gasteiger partial charge in [0.25, 0.3) is 0 Å². The van der Waals surface area contributed by atoms with E-state index in [1.54, 1.807) is 6.92 Å². The molecular formula is C25H31F3. The molecule has 28 heavy (non-hydrogen) atoms. The molecule has 152 valence electrons. The quantitative estimate of drug-likeness (QED) is 0.443. The summed E-state index contributed by atoms with van der Waals surface area (Å²) in [5, 5.41) is 0. The smallest absolute Gasteiger partial charge is 0.193 e. The normalized spacial score (nSPS) is 25.4. The van der Waals surface area contributed by atoms with Crippen molar-refractivity contribution in [2.45, 2.75) is 70.6 Å². The third kappa shape index (κ3) is 5.18. The Bertz CT molecular complexity index is 728. The molecule has 1 aromatic carbocycles. The van der Waals surface area contributed by atoms with E-state index in [-0.39, 0.29) is 0 Å². The van der Waals surface area contributed by atoms with Crippen molar-refractivity contribution in [1.82, 2.24) is 0 Å². The SMILES string of the molecule is C=C(F)/C(F)=C(F)\C=C(/C)c1ccc(C2CCC(C3CCCCC3)CC2)cc1. The van der Waals surface area contributed by atoms with E-state index in [4.69, 9.17) is 0 Å². The fourth-order valence-electron chi connectivity index (χ4n) is 5.01. The second kappa shape index (κ2) is 9.62. The fourth-order valence-corrected chi connectivity index (χ4v) is 5.01.